The Kier molecular flexibility index (Phi) is 5.65. The number of hydrogen-bond acceptors (Lipinski definition) is 2. The molecule has 0 N–H and O–H groups in total. The van der Waals surface area contributed by atoms with Crippen molar-refractivity contribution in [2.45, 2.75) is 63.1 Å². The molecule has 0 aliphatic carbocycles. The second-order valence-corrected chi connectivity index (χ2v) is 16.5. The number of rotatable bonds is 5. The van der Waals surface area contributed by atoms with Crippen LogP contribution >= 0.6 is 26.6 Å². The number of nitrogens with zero attached hydrogens (tertiary/aromatic N) is 1. The van der Waals surface area contributed by atoms with Gasteiger partial charge in [0.25, 0.3) is 9.05 Å². The first-order valence-corrected chi connectivity index (χ1v) is 13.5. The number of hydrogen-bond donors (Lipinski definition) is 0. The van der Waals surface area contributed by atoms with E-state index in [1.54, 1.807) is 12.1 Å². The Balaban J connectivity index is 2.93. The lowest BCUT2D eigenvalue weighted by Gasteiger charge is -2.44. The van der Waals surface area contributed by atoms with E-state index in [-0.39, 0.29) is 4.90 Å². The van der Waals surface area contributed by atoms with Gasteiger partial charge in [0, 0.05) is 32.3 Å². The fraction of sp³-hybridized carbons (Fsp3) is 0.529. The summed E-state index contributed by atoms with van der Waals surface area (Å²) in [5.74, 6) is 0. The molecule has 0 spiro atoms. The minimum Gasteiger partial charge on any atom is -0.372 e. The molecular formula is C17H25BrClNO2SSi. The summed E-state index contributed by atoms with van der Waals surface area (Å²) < 4.78 is 27.0. The van der Waals surface area contributed by atoms with Crippen LogP contribution in [0.15, 0.2) is 33.8 Å². The van der Waals surface area contributed by atoms with Crippen LogP contribution < -0.4 is 0 Å². The third-order valence-electron chi connectivity index (χ3n) is 5.20. The van der Waals surface area contributed by atoms with Gasteiger partial charge in [-0.15, -0.1) is 0 Å². The molecule has 1 aromatic heterocycles. The molecule has 1 aromatic carbocycles. The SMILES string of the molecule is CC(C)[Si](C(C)C)(C(C)C)n1cc(Br)c2ccc(S(=O)(=O)Cl)cc21. The van der Waals surface area contributed by atoms with Gasteiger partial charge >= 0.3 is 0 Å². The van der Waals surface area contributed by atoms with Crippen LogP contribution in [0.2, 0.25) is 16.6 Å². The third kappa shape index (κ3) is 3.11. The Morgan fingerprint density at radius 3 is 1.96 bits per heavy atom. The van der Waals surface area contributed by atoms with Gasteiger partial charge in [0.05, 0.1) is 4.90 Å². The van der Waals surface area contributed by atoms with Crippen molar-refractivity contribution >= 4 is 54.8 Å². The summed E-state index contributed by atoms with van der Waals surface area (Å²) in [5, 5.41) is 1.03. The molecule has 0 radical (unpaired) electrons. The maximum atomic E-state index is 11.8. The minimum absolute atomic E-state index is 0.155. The zero-order valence-corrected chi connectivity index (χ0v) is 19.1. The van der Waals surface area contributed by atoms with Crippen LogP contribution in [0.4, 0.5) is 0 Å². The van der Waals surface area contributed by atoms with Gasteiger partial charge in [-0.25, -0.2) is 8.42 Å². The Morgan fingerprint density at radius 1 is 1.04 bits per heavy atom. The van der Waals surface area contributed by atoms with Crippen LogP contribution in [0.3, 0.4) is 0 Å². The minimum atomic E-state index is -3.75. The average Bonchev–Trinajstić information content (AvgIpc) is 2.74. The van der Waals surface area contributed by atoms with E-state index in [4.69, 9.17) is 10.7 Å². The summed E-state index contributed by atoms with van der Waals surface area (Å²) >= 11 is 3.65. The number of aromatic nitrogens is 1. The normalized spacial score (nSPS) is 13.6. The van der Waals surface area contributed by atoms with E-state index in [2.05, 4.69) is 67.9 Å². The summed E-state index contributed by atoms with van der Waals surface area (Å²) in [6.07, 6.45) is 2.14. The van der Waals surface area contributed by atoms with E-state index in [1.165, 1.54) is 0 Å². The van der Waals surface area contributed by atoms with Crippen molar-refractivity contribution in [2.24, 2.45) is 0 Å². The summed E-state index contributed by atoms with van der Waals surface area (Å²) in [5.41, 5.74) is 2.48. The van der Waals surface area contributed by atoms with Gasteiger partial charge in [-0.05, 0) is 44.7 Å². The molecule has 0 saturated heterocycles. The first-order chi connectivity index (χ1) is 10.9. The Labute approximate surface area is 159 Å². The Hall–Kier alpha value is -0.303. The summed E-state index contributed by atoms with van der Waals surface area (Å²) in [6, 6.07) is 5.13. The monoisotopic (exact) mass is 449 g/mol. The molecule has 7 heteroatoms. The number of halogens is 2. The second kappa shape index (κ2) is 6.78. The summed E-state index contributed by atoms with van der Waals surface area (Å²) in [7, 11) is -0.147. The van der Waals surface area contributed by atoms with Crippen molar-refractivity contribution in [2.75, 3.05) is 0 Å². The predicted molar refractivity (Wildman–Crippen MR) is 109 cm³/mol. The highest BCUT2D eigenvalue weighted by molar-refractivity contribution is 9.10. The lowest BCUT2D eigenvalue weighted by atomic mass is 10.2. The van der Waals surface area contributed by atoms with Gasteiger partial charge < -0.3 is 4.23 Å². The average molecular weight is 451 g/mol. The quantitative estimate of drug-likeness (QED) is 0.393. The van der Waals surface area contributed by atoms with Gasteiger partial charge in [-0.2, -0.15) is 0 Å². The first kappa shape index (κ1) is 20.0. The predicted octanol–water partition coefficient (Wildman–Crippen LogP) is 6.35. The number of fused-ring (bicyclic) bond motifs is 1. The molecule has 24 heavy (non-hydrogen) atoms. The van der Waals surface area contributed by atoms with Gasteiger partial charge in [-0.3, -0.25) is 0 Å². The smallest absolute Gasteiger partial charge is 0.261 e. The zero-order chi connectivity index (χ0) is 18.4. The van der Waals surface area contributed by atoms with Gasteiger partial charge in [0.15, 0.2) is 8.24 Å². The van der Waals surface area contributed by atoms with Gasteiger partial charge in [0.2, 0.25) is 0 Å². The van der Waals surface area contributed by atoms with Crippen LogP contribution in [0.25, 0.3) is 10.9 Å². The number of benzene rings is 1. The van der Waals surface area contributed by atoms with Crippen molar-refractivity contribution in [3.8, 4) is 0 Å². The Morgan fingerprint density at radius 2 is 1.54 bits per heavy atom. The van der Waals surface area contributed by atoms with E-state index < -0.39 is 17.3 Å². The molecule has 2 rings (SSSR count). The summed E-state index contributed by atoms with van der Waals surface area (Å²) in [6.45, 7) is 13.7. The van der Waals surface area contributed by atoms with Crippen LogP contribution in [-0.2, 0) is 9.05 Å². The molecule has 0 aliphatic rings. The topological polar surface area (TPSA) is 39.1 Å². The second-order valence-electron chi connectivity index (χ2n) is 7.32. The van der Waals surface area contributed by atoms with Crippen LogP contribution in [0, 0.1) is 0 Å². The fourth-order valence-corrected chi connectivity index (χ4v) is 12.6. The standard InChI is InChI=1S/C17H25BrClNO2SSi/c1-11(2)24(12(3)4,13(5)6)20-10-16(18)15-8-7-14(9-17(15)20)23(19,21)22/h7-13H,1-6H3. The molecule has 0 amide bonds. The maximum absolute atomic E-state index is 11.8. The molecule has 134 valence electrons. The van der Waals surface area contributed by atoms with E-state index in [0.29, 0.717) is 16.6 Å². The molecule has 0 fully saturated rings. The molecular weight excluding hydrogens is 426 g/mol. The molecule has 0 aliphatic heterocycles. The van der Waals surface area contributed by atoms with E-state index in [0.717, 1.165) is 15.4 Å². The molecule has 0 atom stereocenters. The van der Waals surface area contributed by atoms with E-state index in [9.17, 15) is 8.42 Å². The zero-order valence-electron chi connectivity index (χ0n) is 15.0. The highest BCUT2D eigenvalue weighted by atomic mass is 79.9. The highest BCUT2D eigenvalue weighted by Gasteiger charge is 2.46. The van der Waals surface area contributed by atoms with Gasteiger partial charge in [0.1, 0.15) is 0 Å². The highest BCUT2D eigenvalue weighted by Crippen LogP contribution is 2.45. The van der Waals surface area contributed by atoms with Crippen molar-refractivity contribution in [3.63, 3.8) is 0 Å². The first-order valence-electron chi connectivity index (χ1n) is 8.19. The maximum Gasteiger partial charge on any atom is 0.261 e. The van der Waals surface area contributed by atoms with Crippen molar-refractivity contribution in [1.82, 2.24) is 4.23 Å². The molecule has 1 heterocycles. The fourth-order valence-electron chi connectivity index (χ4n) is 4.47. The lowest BCUT2D eigenvalue weighted by Crippen LogP contribution is -2.51. The van der Waals surface area contributed by atoms with E-state index in [1.807, 2.05) is 6.07 Å². The largest absolute Gasteiger partial charge is 0.372 e. The van der Waals surface area contributed by atoms with Crippen molar-refractivity contribution < 1.29 is 8.42 Å². The van der Waals surface area contributed by atoms with Crippen molar-refractivity contribution in [3.05, 3.63) is 28.9 Å². The van der Waals surface area contributed by atoms with Crippen LogP contribution in [-0.4, -0.2) is 20.9 Å². The van der Waals surface area contributed by atoms with Crippen LogP contribution in [0.1, 0.15) is 41.5 Å². The molecule has 3 nitrogen and oxygen atoms in total. The lowest BCUT2D eigenvalue weighted by molar-refractivity contribution is 0.609. The molecule has 2 aromatic rings. The molecule has 0 unspecified atom stereocenters. The Bertz CT molecular complexity index is 837. The molecule has 0 saturated carbocycles. The summed E-state index contributed by atoms with van der Waals surface area (Å²) in [4.78, 5) is 0.155. The van der Waals surface area contributed by atoms with Gasteiger partial charge in [-0.1, -0.05) is 47.6 Å². The van der Waals surface area contributed by atoms with E-state index >= 15 is 0 Å². The molecule has 0 bridgehead atoms. The van der Waals surface area contributed by atoms with Crippen molar-refractivity contribution in [1.29, 1.82) is 0 Å². The third-order valence-corrected chi connectivity index (χ3v) is 13.9. The van der Waals surface area contributed by atoms with Crippen LogP contribution in [0.5, 0.6) is 0 Å².